The molecule has 2 N–H and O–H groups in total. The van der Waals surface area contributed by atoms with Gasteiger partial charge in [-0.2, -0.15) is 0 Å². The first-order valence-corrected chi connectivity index (χ1v) is 2.00. The van der Waals surface area contributed by atoms with Crippen molar-refractivity contribution < 1.29 is 16.4 Å². The molecule has 0 saturated carbocycles. The maximum atomic E-state index is 7.69. The molecule has 2 atom stereocenters. The summed E-state index contributed by atoms with van der Waals surface area (Å²) in [4.78, 5) is 0. The Hall–Kier alpha value is -0.0800. The van der Waals surface area contributed by atoms with E-state index in [4.69, 9.17) is 16.4 Å². The Morgan fingerprint density at radius 3 is 2.38 bits per heavy atom. The van der Waals surface area contributed by atoms with Crippen molar-refractivity contribution in [3.05, 3.63) is 0 Å². The van der Waals surface area contributed by atoms with Crippen LogP contribution >= 0.6 is 0 Å². The minimum absolute atomic E-state index is 1.55. The van der Waals surface area contributed by atoms with Crippen molar-refractivity contribution in [3.8, 4) is 0 Å². The second-order valence-electron chi connectivity index (χ2n) is 1.25. The van der Waals surface area contributed by atoms with Crippen LogP contribution in [0.1, 0.15) is 30.2 Å². The van der Waals surface area contributed by atoms with Crippen LogP contribution in [0.5, 0.6) is 0 Å². The molecule has 0 aliphatic carbocycles. The van der Waals surface area contributed by atoms with Crippen LogP contribution in [-0.2, 0) is 0 Å². The van der Waals surface area contributed by atoms with Crippen LogP contribution in [0.4, 0.5) is 0 Å². The summed E-state index contributed by atoms with van der Waals surface area (Å²) in [5, 5.41) is 3.10. The van der Waals surface area contributed by atoms with E-state index in [0.29, 0.717) is 0 Å². The lowest BCUT2D eigenvalue weighted by Gasteiger charge is -2.26. The van der Waals surface area contributed by atoms with Gasteiger partial charge in [-0.1, -0.05) is 0 Å². The summed E-state index contributed by atoms with van der Waals surface area (Å²) in [6.45, 7) is -13.0. The molecule has 1 saturated heterocycles. The minimum atomic E-state index is -3.30. The predicted molar refractivity (Wildman–Crippen MR) is 34.9 cm³/mol. The van der Waals surface area contributed by atoms with Gasteiger partial charge in [0, 0.05) is 41.5 Å². The molecule has 0 amide bonds. The Morgan fingerprint density at radius 2 is 2.00 bits per heavy atom. The lowest BCUT2D eigenvalue weighted by molar-refractivity contribution is 0.376. The van der Waals surface area contributed by atoms with E-state index in [9.17, 15) is 0 Å². The normalized spacial score (nSPS) is 96.0. The summed E-state index contributed by atoms with van der Waals surface area (Å²) in [5.74, 6) is 0. The lowest BCUT2D eigenvalue weighted by atomic mass is 10.2. The van der Waals surface area contributed by atoms with Gasteiger partial charge in [0.15, 0.2) is 0 Å². The van der Waals surface area contributed by atoms with Crippen LogP contribution in [0.2, 0.25) is 0 Å². The van der Waals surface area contributed by atoms with Crippen LogP contribution in [0.25, 0.3) is 0 Å². The van der Waals surface area contributed by atoms with E-state index in [1.54, 1.807) is 10.6 Å². The van der Waals surface area contributed by atoms with E-state index in [0.717, 1.165) is 0 Å². The third kappa shape index (κ3) is 1.46. The van der Waals surface area contributed by atoms with Gasteiger partial charge in [-0.25, -0.2) is 0 Å². The summed E-state index contributed by atoms with van der Waals surface area (Å²) in [6, 6.07) is -6.31. The summed E-state index contributed by atoms with van der Waals surface area (Å²) < 4.78 is 88.7. The predicted octanol–water partition coefficient (Wildman–Crippen LogP) is -0.0438. The van der Waals surface area contributed by atoms with E-state index in [1.165, 1.54) is 0 Å². The molecule has 0 spiro atoms. The smallest absolute Gasteiger partial charge is 0.0475 e. The van der Waals surface area contributed by atoms with Gasteiger partial charge in [-0.05, 0) is 13.7 Å². The second kappa shape index (κ2) is 2.46. The zero-order valence-corrected chi connectivity index (χ0v) is 4.00. The molecule has 1 fully saturated rings. The highest BCUT2D eigenvalue weighted by atomic mass is 15.1. The number of hydrogen-bond donors (Lipinski definition) is 2. The molecule has 48 valence electrons. The average Bonchev–Trinajstić information content (AvgIpc) is 2.09. The van der Waals surface area contributed by atoms with Crippen molar-refractivity contribution in [1.29, 1.82) is 0 Å². The number of hydrogen-bond acceptors (Lipinski definition) is 2. The Kier molecular flexibility index (Phi) is 0.294. The zero-order valence-electron chi connectivity index (χ0n) is 16.0. The fourth-order valence-corrected chi connectivity index (χ4v) is 0.312. The van der Waals surface area contributed by atoms with Crippen LogP contribution < -0.4 is 10.6 Å². The number of nitrogens with one attached hydrogen (secondary N) is 2. The van der Waals surface area contributed by atoms with Gasteiger partial charge in [0.05, 0.1) is 0 Å². The van der Waals surface area contributed by atoms with Crippen molar-refractivity contribution >= 4 is 0 Å². The highest BCUT2D eigenvalue weighted by molar-refractivity contribution is 4.76. The standard InChI is InChI=1S/C6H14N2/c1-5-3-8-6(2)4-7-5/h5-8H,3-4H2,1-2H3/i1D3,2D3,3D2,4D2,5D,6D. The van der Waals surface area contributed by atoms with Crippen LogP contribution in [0, 0.1) is 0 Å². The number of piperazine rings is 1. The quantitative estimate of drug-likeness (QED) is 0.476. The van der Waals surface area contributed by atoms with Crippen molar-refractivity contribution in [3.63, 3.8) is 0 Å². The maximum absolute atomic E-state index is 7.69. The highest BCUT2D eigenvalue weighted by Crippen LogP contribution is 1.89. The minimum Gasteiger partial charge on any atom is -0.311 e. The molecular weight excluding hydrogens is 100 g/mol. The first-order chi connectivity index (χ1) is 8.41. The third-order valence-electron chi connectivity index (χ3n) is 0.625. The van der Waals surface area contributed by atoms with Gasteiger partial charge in [-0.3, -0.25) is 0 Å². The fourth-order valence-electron chi connectivity index (χ4n) is 0.312. The molecule has 2 heteroatoms. The summed E-state index contributed by atoms with van der Waals surface area (Å²) in [7, 11) is 0. The maximum Gasteiger partial charge on any atom is 0.0475 e. The molecule has 1 aliphatic rings. The molecule has 1 heterocycles. The zero-order chi connectivity index (χ0) is 16.4. The molecule has 0 radical (unpaired) electrons. The number of rotatable bonds is 0. The van der Waals surface area contributed by atoms with Gasteiger partial charge in [0.25, 0.3) is 0 Å². The summed E-state index contributed by atoms with van der Waals surface area (Å²) >= 11 is 0. The fraction of sp³-hybridized carbons (Fsp3) is 1.00. The van der Waals surface area contributed by atoms with Gasteiger partial charge in [-0.15, -0.1) is 0 Å². The molecule has 0 aromatic heterocycles. The van der Waals surface area contributed by atoms with E-state index < -0.39 is 38.7 Å². The van der Waals surface area contributed by atoms with Gasteiger partial charge < -0.3 is 10.6 Å². The Labute approximate surface area is 67.5 Å². The Bertz CT molecular complexity index is 360. The largest absolute Gasteiger partial charge is 0.311 e. The van der Waals surface area contributed by atoms with E-state index in [1.807, 2.05) is 0 Å². The van der Waals surface area contributed by atoms with Crippen molar-refractivity contribution in [1.82, 2.24) is 10.6 Å². The lowest BCUT2D eigenvalue weighted by Crippen LogP contribution is -2.51. The van der Waals surface area contributed by atoms with E-state index in [2.05, 4.69) is 0 Å². The summed E-state index contributed by atoms with van der Waals surface area (Å²) in [5.41, 5.74) is 0. The Morgan fingerprint density at radius 1 is 1.50 bits per heavy atom. The third-order valence-corrected chi connectivity index (χ3v) is 0.625. The van der Waals surface area contributed by atoms with Crippen molar-refractivity contribution in [2.75, 3.05) is 13.0 Å². The van der Waals surface area contributed by atoms with Gasteiger partial charge in [0.2, 0.25) is 0 Å². The van der Waals surface area contributed by atoms with Crippen molar-refractivity contribution in [2.24, 2.45) is 0 Å². The van der Waals surface area contributed by atoms with Gasteiger partial charge >= 0.3 is 0 Å². The average molecular weight is 126 g/mol. The molecule has 2 unspecified atom stereocenters. The van der Waals surface area contributed by atoms with Gasteiger partial charge in [0.1, 0.15) is 0 Å². The molecule has 0 bridgehead atoms. The Balaban J connectivity index is 3.44. The molecule has 1 rings (SSSR count). The van der Waals surface area contributed by atoms with Crippen molar-refractivity contribution in [2.45, 2.75) is 25.7 Å². The molecule has 2 nitrogen and oxygen atoms in total. The highest BCUT2D eigenvalue weighted by Gasteiger charge is 2.10. The van der Waals surface area contributed by atoms with Crippen LogP contribution in [0.3, 0.4) is 0 Å². The molecule has 0 aromatic rings. The van der Waals surface area contributed by atoms with Crippen LogP contribution in [-0.4, -0.2) is 25.0 Å². The molecular formula is C6H14N2. The first-order valence-electron chi connectivity index (χ1n) is 8.00. The SMILES string of the molecule is [2H]C([2H])([2H])C1([2H])NC([2H])([2H])C([2H])(C([2H])([2H])[2H])NC1([2H])[2H]. The second-order valence-corrected chi connectivity index (χ2v) is 1.25. The van der Waals surface area contributed by atoms with E-state index >= 15 is 0 Å². The van der Waals surface area contributed by atoms with E-state index in [-0.39, 0.29) is 0 Å². The monoisotopic (exact) mass is 126 g/mol. The first kappa shape index (κ1) is 0.956. The molecule has 8 heavy (non-hydrogen) atoms. The molecule has 0 aromatic carbocycles. The summed E-state index contributed by atoms with van der Waals surface area (Å²) in [6.07, 6.45) is 0. The molecule has 1 aliphatic heterocycles. The van der Waals surface area contributed by atoms with Crippen LogP contribution in [0.15, 0.2) is 0 Å². The topological polar surface area (TPSA) is 24.1 Å².